The molecule has 0 heterocycles. The zero-order valence-corrected chi connectivity index (χ0v) is 12.3. The van der Waals surface area contributed by atoms with Gasteiger partial charge >= 0.3 is 5.97 Å². The van der Waals surface area contributed by atoms with Gasteiger partial charge in [-0.15, -0.1) is 0 Å². The number of benzene rings is 1. The van der Waals surface area contributed by atoms with Crippen LogP contribution in [0.2, 0.25) is 5.02 Å². The van der Waals surface area contributed by atoms with Crippen LogP contribution in [0.3, 0.4) is 0 Å². The molecule has 20 heavy (non-hydrogen) atoms. The van der Waals surface area contributed by atoms with Crippen molar-refractivity contribution in [3.05, 3.63) is 22.7 Å². The largest absolute Gasteiger partial charge is 0.465 e. The Labute approximate surface area is 122 Å². The molecule has 1 aromatic rings. The molecule has 5 N–H and O–H groups in total. The lowest BCUT2D eigenvalue weighted by Gasteiger charge is -2.22. The topological polar surface area (TPSA) is 107 Å². The molecule has 0 bridgehead atoms. The molecule has 0 aliphatic rings. The average molecular weight is 300 g/mol. The SMILES string of the molecule is COC(=O)c1cc(N)cc(Cl)c1NC(C(N)=O)C(C)C. The number of methoxy groups -OCH3 is 1. The van der Waals surface area contributed by atoms with E-state index in [0.29, 0.717) is 5.69 Å². The Hall–Kier alpha value is -1.95. The first kappa shape index (κ1) is 16.1. The maximum Gasteiger partial charge on any atom is 0.340 e. The standard InChI is InChI=1S/C13H18ClN3O3/c1-6(2)10(12(16)18)17-11-8(13(19)20-3)4-7(15)5-9(11)14/h4-6,10,17H,15H2,1-3H3,(H2,16,18). The minimum Gasteiger partial charge on any atom is -0.465 e. The maximum atomic E-state index is 11.8. The number of ether oxygens (including phenoxy) is 1. The van der Waals surface area contributed by atoms with Crippen LogP contribution in [-0.4, -0.2) is 25.0 Å². The van der Waals surface area contributed by atoms with Crippen LogP contribution in [0.5, 0.6) is 0 Å². The van der Waals surface area contributed by atoms with Gasteiger partial charge in [0.2, 0.25) is 5.91 Å². The van der Waals surface area contributed by atoms with E-state index >= 15 is 0 Å². The molecule has 0 fully saturated rings. The summed E-state index contributed by atoms with van der Waals surface area (Å²) in [4.78, 5) is 23.2. The first-order valence-corrected chi connectivity index (χ1v) is 6.39. The number of hydrogen-bond donors (Lipinski definition) is 3. The highest BCUT2D eigenvalue weighted by molar-refractivity contribution is 6.34. The first-order chi connectivity index (χ1) is 9.27. The van der Waals surface area contributed by atoms with Gasteiger partial charge in [0.25, 0.3) is 0 Å². The van der Waals surface area contributed by atoms with Crippen LogP contribution in [0, 0.1) is 5.92 Å². The van der Waals surface area contributed by atoms with Crippen molar-refractivity contribution >= 4 is 34.9 Å². The van der Waals surface area contributed by atoms with E-state index in [4.69, 9.17) is 23.1 Å². The minimum absolute atomic E-state index is 0.0772. The predicted octanol–water partition coefficient (Wildman–Crippen LogP) is 1.63. The summed E-state index contributed by atoms with van der Waals surface area (Å²) in [6.07, 6.45) is 0. The lowest BCUT2D eigenvalue weighted by molar-refractivity contribution is -0.119. The zero-order valence-electron chi connectivity index (χ0n) is 11.6. The number of nitrogens with two attached hydrogens (primary N) is 2. The van der Waals surface area contributed by atoms with E-state index < -0.39 is 17.9 Å². The van der Waals surface area contributed by atoms with Crippen molar-refractivity contribution in [2.24, 2.45) is 11.7 Å². The van der Waals surface area contributed by atoms with Gasteiger partial charge in [0.1, 0.15) is 6.04 Å². The number of halogens is 1. The van der Waals surface area contributed by atoms with Gasteiger partial charge in [0.05, 0.1) is 23.4 Å². The highest BCUT2D eigenvalue weighted by atomic mass is 35.5. The monoisotopic (exact) mass is 299 g/mol. The Morgan fingerprint density at radius 1 is 1.35 bits per heavy atom. The molecule has 1 aromatic carbocycles. The first-order valence-electron chi connectivity index (χ1n) is 6.01. The van der Waals surface area contributed by atoms with Crippen LogP contribution >= 0.6 is 11.6 Å². The molecule has 6 nitrogen and oxygen atoms in total. The Morgan fingerprint density at radius 3 is 2.40 bits per heavy atom. The van der Waals surface area contributed by atoms with Gasteiger partial charge in [-0.25, -0.2) is 4.79 Å². The van der Waals surface area contributed by atoms with Gasteiger partial charge in [-0.1, -0.05) is 25.4 Å². The summed E-state index contributed by atoms with van der Waals surface area (Å²) >= 11 is 6.09. The third kappa shape index (κ3) is 3.54. The molecular weight excluding hydrogens is 282 g/mol. The van der Waals surface area contributed by atoms with Crippen molar-refractivity contribution in [2.45, 2.75) is 19.9 Å². The zero-order chi connectivity index (χ0) is 15.4. The number of rotatable bonds is 5. The molecule has 0 saturated heterocycles. The third-order valence-electron chi connectivity index (χ3n) is 2.79. The lowest BCUT2D eigenvalue weighted by Crippen LogP contribution is -2.40. The normalized spacial score (nSPS) is 12.1. The number of carbonyl (C=O) groups is 2. The summed E-state index contributed by atoms with van der Waals surface area (Å²) in [6.45, 7) is 3.65. The van der Waals surface area contributed by atoms with Crippen molar-refractivity contribution in [1.82, 2.24) is 0 Å². The number of nitrogens with one attached hydrogen (secondary N) is 1. The van der Waals surface area contributed by atoms with E-state index in [-0.39, 0.29) is 22.2 Å². The molecule has 1 atom stereocenters. The second-order valence-electron chi connectivity index (χ2n) is 4.69. The van der Waals surface area contributed by atoms with E-state index in [2.05, 4.69) is 10.1 Å². The molecule has 0 aromatic heterocycles. The molecule has 110 valence electrons. The fourth-order valence-electron chi connectivity index (χ4n) is 1.77. The molecule has 0 saturated carbocycles. The van der Waals surface area contributed by atoms with Gasteiger partial charge in [0.15, 0.2) is 0 Å². The van der Waals surface area contributed by atoms with Crippen molar-refractivity contribution in [3.63, 3.8) is 0 Å². The van der Waals surface area contributed by atoms with Crippen LogP contribution in [0.1, 0.15) is 24.2 Å². The average Bonchev–Trinajstić information content (AvgIpc) is 2.34. The number of nitrogen functional groups attached to an aromatic ring is 1. The fraction of sp³-hybridized carbons (Fsp3) is 0.385. The van der Waals surface area contributed by atoms with Crippen molar-refractivity contribution in [1.29, 1.82) is 0 Å². The molecule has 1 rings (SSSR count). The van der Waals surface area contributed by atoms with Crippen molar-refractivity contribution < 1.29 is 14.3 Å². The number of hydrogen-bond acceptors (Lipinski definition) is 5. The minimum atomic E-state index is -0.667. The molecule has 1 amide bonds. The van der Waals surface area contributed by atoms with Crippen LogP contribution in [-0.2, 0) is 9.53 Å². The van der Waals surface area contributed by atoms with Crippen LogP contribution in [0.25, 0.3) is 0 Å². The van der Waals surface area contributed by atoms with Crippen molar-refractivity contribution in [3.8, 4) is 0 Å². The molecule has 0 aliphatic heterocycles. The molecule has 0 radical (unpaired) electrons. The summed E-state index contributed by atoms with van der Waals surface area (Å²) < 4.78 is 4.68. The van der Waals surface area contributed by atoms with Crippen LogP contribution in [0.4, 0.5) is 11.4 Å². The highest BCUT2D eigenvalue weighted by Crippen LogP contribution is 2.31. The van der Waals surface area contributed by atoms with E-state index in [9.17, 15) is 9.59 Å². The predicted molar refractivity (Wildman–Crippen MR) is 78.6 cm³/mol. The summed E-state index contributed by atoms with van der Waals surface area (Å²) in [6, 6.07) is 2.24. The Kier molecular flexibility index (Phi) is 5.21. The molecule has 7 heteroatoms. The van der Waals surface area contributed by atoms with Gasteiger partial charge in [-0.3, -0.25) is 4.79 Å². The van der Waals surface area contributed by atoms with E-state index in [1.54, 1.807) is 0 Å². The van der Waals surface area contributed by atoms with Gasteiger partial charge < -0.3 is 21.5 Å². The second-order valence-corrected chi connectivity index (χ2v) is 5.09. The number of esters is 1. The second kappa shape index (κ2) is 6.47. The molecule has 0 aliphatic carbocycles. The third-order valence-corrected chi connectivity index (χ3v) is 3.09. The van der Waals surface area contributed by atoms with Crippen molar-refractivity contribution in [2.75, 3.05) is 18.2 Å². The highest BCUT2D eigenvalue weighted by Gasteiger charge is 2.24. The Bertz CT molecular complexity index is 532. The van der Waals surface area contributed by atoms with Crippen LogP contribution in [0.15, 0.2) is 12.1 Å². The Morgan fingerprint density at radius 2 is 1.95 bits per heavy atom. The number of carbonyl (C=O) groups excluding carboxylic acids is 2. The van der Waals surface area contributed by atoms with E-state index in [0.717, 1.165) is 0 Å². The maximum absolute atomic E-state index is 11.8. The van der Waals surface area contributed by atoms with Crippen LogP contribution < -0.4 is 16.8 Å². The number of amides is 1. The quantitative estimate of drug-likeness (QED) is 0.566. The summed E-state index contributed by atoms with van der Waals surface area (Å²) in [5.41, 5.74) is 11.8. The Balaban J connectivity index is 3.29. The van der Waals surface area contributed by atoms with Gasteiger partial charge in [-0.2, -0.15) is 0 Å². The molecular formula is C13H18ClN3O3. The van der Waals surface area contributed by atoms with Gasteiger partial charge in [-0.05, 0) is 18.1 Å². The number of primary amides is 1. The van der Waals surface area contributed by atoms with Gasteiger partial charge in [0, 0.05) is 5.69 Å². The molecule has 0 spiro atoms. The summed E-state index contributed by atoms with van der Waals surface area (Å²) in [7, 11) is 1.25. The van der Waals surface area contributed by atoms with E-state index in [1.807, 2.05) is 13.8 Å². The fourth-order valence-corrected chi connectivity index (χ4v) is 2.05. The number of anilines is 2. The van der Waals surface area contributed by atoms with E-state index in [1.165, 1.54) is 19.2 Å². The lowest BCUT2D eigenvalue weighted by atomic mass is 10.0. The summed E-state index contributed by atoms with van der Waals surface area (Å²) in [5.74, 6) is -1.22. The summed E-state index contributed by atoms with van der Waals surface area (Å²) in [5, 5.41) is 3.11. The smallest absolute Gasteiger partial charge is 0.340 e. The molecule has 1 unspecified atom stereocenters.